The largest absolute Gasteiger partial charge is 0.493 e. The summed E-state index contributed by atoms with van der Waals surface area (Å²) in [5.74, 6) is 0.992. The molecule has 3 rings (SSSR count). The summed E-state index contributed by atoms with van der Waals surface area (Å²) in [6.07, 6.45) is 0. The van der Waals surface area contributed by atoms with Gasteiger partial charge in [0.1, 0.15) is 6.07 Å². The lowest BCUT2D eigenvalue weighted by molar-refractivity contribution is 0.0990. The van der Waals surface area contributed by atoms with Gasteiger partial charge in [0, 0.05) is 28.6 Å². The molecular weight excluding hydrogens is 384 g/mol. The maximum atomic E-state index is 13.2. The molecule has 0 saturated heterocycles. The maximum Gasteiger partial charge on any atom is 0.259 e. The monoisotopic (exact) mass is 404 g/mol. The Kier molecular flexibility index (Phi) is 6.43. The van der Waals surface area contributed by atoms with Gasteiger partial charge < -0.3 is 14.4 Å². The number of carbonyl (C=O) groups excluding carboxylic acids is 1. The number of rotatable bonds is 6. The molecule has 0 fully saturated rings. The average Bonchev–Trinajstić information content (AvgIpc) is 2.78. The fourth-order valence-corrected chi connectivity index (χ4v) is 3.85. The number of nitrogens with zero attached hydrogens (tertiary/aromatic N) is 2. The molecule has 3 aromatic rings. The van der Waals surface area contributed by atoms with E-state index < -0.39 is 0 Å². The summed E-state index contributed by atoms with van der Waals surface area (Å²) in [4.78, 5) is 16.4. The number of benzene rings is 3. The van der Waals surface area contributed by atoms with E-state index in [1.165, 1.54) is 11.8 Å². The van der Waals surface area contributed by atoms with Crippen LogP contribution in [0.1, 0.15) is 15.9 Å². The lowest BCUT2D eigenvalue weighted by atomic mass is 10.2. The van der Waals surface area contributed by atoms with Crippen molar-refractivity contribution in [3.05, 3.63) is 77.9 Å². The highest BCUT2D eigenvalue weighted by Gasteiger charge is 2.19. The van der Waals surface area contributed by atoms with Crippen LogP contribution in [-0.2, 0) is 0 Å². The van der Waals surface area contributed by atoms with Crippen molar-refractivity contribution in [1.82, 2.24) is 0 Å². The molecule has 0 unspecified atom stereocenters. The van der Waals surface area contributed by atoms with E-state index >= 15 is 0 Å². The Bertz CT molecular complexity index is 1080. The summed E-state index contributed by atoms with van der Waals surface area (Å²) in [7, 11) is 4.84. The predicted molar refractivity (Wildman–Crippen MR) is 114 cm³/mol. The number of anilines is 1. The zero-order chi connectivity index (χ0) is 20.8. The van der Waals surface area contributed by atoms with Crippen molar-refractivity contribution >= 4 is 23.4 Å². The van der Waals surface area contributed by atoms with Gasteiger partial charge >= 0.3 is 0 Å². The first-order valence-corrected chi connectivity index (χ1v) is 9.66. The fourth-order valence-electron chi connectivity index (χ4n) is 2.83. The molecule has 0 saturated carbocycles. The third-order valence-corrected chi connectivity index (χ3v) is 5.56. The van der Waals surface area contributed by atoms with Crippen LogP contribution in [0.5, 0.6) is 11.5 Å². The highest BCUT2D eigenvalue weighted by molar-refractivity contribution is 7.99. The predicted octanol–water partition coefficient (Wildman–Crippen LogP) is 5.00. The SMILES string of the molecule is COc1ccc(N(C)C(=O)c2ccccc2Sc2ccccc2C#N)cc1OC. The van der Waals surface area contributed by atoms with E-state index in [9.17, 15) is 10.1 Å². The molecule has 0 heterocycles. The van der Waals surface area contributed by atoms with Gasteiger partial charge in [-0.2, -0.15) is 5.26 Å². The molecule has 0 bridgehead atoms. The number of methoxy groups -OCH3 is 2. The van der Waals surface area contributed by atoms with Crippen LogP contribution < -0.4 is 14.4 Å². The van der Waals surface area contributed by atoms with Gasteiger partial charge in [-0.15, -0.1) is 0 Å². The third-order valence-electron chi connectivity index (χ3n) is 4.40. The molecule has 146 valence electrons. The van der Waals surface area contributed by atoms with Crippen LogP contribution in [0.15, 0.2) is 76.5 Å². The highest BCUT2D eigenvalue weighted by atomic mass is 32.2. The van der Waals surface area contributed by atoms with Crippen LogP contribution in [0.25, 0.3) is 0 Å². The average molecular weight is 404 g/mol. The molecule has 6 heteroatoms. The number of ether oxygens (including phenoxy) is 2. The lowest BCUT2D eigenvalue weighted by Gasteiger charge is -2.20. The molecule has 1 amide bonds. The molecule has 0 atom stereocenters. The van der Waals surface area contributed by atoms with Crippen LogP contribution >= 0.6 is 11.8 Å². The Hall–Kier alpha value is -3.43. The van der Waals surface area contributed by atoms with Crippen molar-refractivity contribution < 1.29 is 14.3 Å². The summed E-state index contributed by atoms with van der Waals surface area (Å²) in [5, 5.41) is 9.34. The van der Waals surface area contributed by atoms with E-state index in [0.29, 0.717) is 28.3 Å². The second kappa shape index (κ2) is 9.18. The zero-order valence-electron chi connectivity index (χ0n) is 16.4. The van der Waals surface area contributed by atoms with E-state index in [1.54, 1.807) is 56.5 Å². The molecule has 0 aliphatic rings. The normalized spacial score (nSPS) is 10.1. The number of hydrogen-bond donors (Lipinski definition) is 0. The molecular formula is C23H20N2O3S. The van der Waals surface area contributed by atoms with Gasteiger partial charge in [0.05, 0.1) is 25.3 Å². The van der Waals surface area contributed by atoms with E-state index in [0.717, 1.165) is 9.79 Å². The van der Waals surface area contributed by atoms with E-state index in [1.807, 2.05) is 36.4 Å². The van der Waals surface area contributed by atoms with E-state index in [-0.39, 0.29) is 5.91 Å². The Morgan fingerprint density at radius 2 is 1.59 bits per heavy atom. The third kappa shape index (κ3) is 4.36. The first-order valence-electron chi connectivity index (χ1n) is 8.85. The first-order chi connectivity index (χ1) is 14.1. The topological polar surface area (TPSA) is 62.6 Å². The minimum Gasteiger partial charge on any atom is -0.493 e. The highest BCUT2D eigenvalue weighted by Crippen LogP contribution is 2.35. The quantitative estimate of drug-likeness (QED) is 0.578. The number of nitriles is 1. The van der Waals surface area contributed by atoms with Crippen molar-refractivity contribution in [3.8, 4) is 17.6 Å². The van der Waals surface area contributed by atoms with Gasteiger partial charge in [0.25, 0.3) is 5.91 Å². The number of carbonyl (C=O) groups is 1. The second-order valence-electron chi connectivity index (χ2n) is 6.11. The molecule has 5 nitrogen and oxygen atoms in total. The van der Waals surface area contributed by atoms with Crippen LogP contribution in [0, 0.1) is 11.3 Å². The summed E-state index contributed by atoms with van der Waals surface area (Å²) < 4.78 is 10.6. The summed E-state index contributed by atoms with van der Waals surface area (Å²) in [6, 6.07) is 22.3. The maximum absolute atomic E-state index is 13.2. The second-order valence-corrected chi connectivity index (χ2v) is 7.19. The minimum absolute atomic E-state index is 0.158. The van der Waals surface area contributed by atoms with Crippen LogP contribution in [0.4, 0.5) is 5.69 Å². The minimum atomic E-state index is -0.158. The number of hydrogen-bond acceptors (Lipinski definition) is 5. The summed E-state index contributed by atoms with van der Waals surface area (Å²) in [6.45, 7) is 0. The van der Waals surface area contributed by atoms with Crippen molar-refractivity contribution in [2.24, 2.45) is 0 Å². The molecule has 3 aromatic carbocycles. The van der Waals surface area contributed by atoms with Crippen molar-refractivity contribution in [3.63, 3.8) is 0 Å². The fraction of sp³-hybridized carbons (Fsp3) is 0.130. The van der Waals surface area contributed by atoms with Gasteiger partial charge in [0.2, 0.25) is 0 Å². The van der Waals surface area contributed by atoms with Gasteiger partial charge in [-0.3, -0.25) is 4.79 Å². The van der Waals surface area contributed by atoms with Gasteiger partial charge in [-0.1, -0.05) is 36.0 Å². The van der Waals surface area contributed by atoms with Gasteiger partial charge in [0.15, 0.2) is 11.5 Å². The molecule has 0 radical (unpaired) electrons. The summed E-state index contributed by atoms with van der Waals surface area (Å²) in [5.41, 5.74) is 1.82. The van der Waals surface area contributed by atoms with Gasteiger partial charge in [-0.05, 0) is 36.4 Å². The number of amides is 1. The zero-order valence-corrected chi connectivity index (χ0v) is 17.2. The lowest BCUT2D eigenvalue weighted by Crippen LogP contribution is -2.26. The Balaban J connectivity index is 1.93. The van der Waals surface area contributed by atoms with Crippen molar-refractivity contribution in [2.45, 2.75) is 9.79 Å². The Labute approximate surface area is 174 Å². The van der Waals surface area contributed by atoms with Crippen LogP contribution in [-0.4, -0.2) is 27.2 Å². The smallest absolute Gasteiger partial charge is 0.259 e. The Morgan fingerprint density at radius 3 is 2.28 bits per heavy atom. The Morgan fingerprint density at radius 1 is 0.931 bits per heavy atom. The first kappa shape index (κ1) is 20.3. The standard InChI is InChI=1S/C23H20N2O3S/c1-25(17-12-13-19(27-2)20(14-17)28-3)23(26)18-9-5-7-11-22(18)29-21-10-6-4-8-16(21)15-24/h4-14H,1-3H3. The summed E-state index contributed by atoms with van der Waals surface area (Å²) >= 11 is 1.41. The molecule has 0 aromatic heterocycles. The van der Waals surface area contributed by atoms with E-state index in [4.69, 9.17) is 9.47 Å². The molecule has 0 aliphatic carbocycles. The molecule has 29 heavy (non-hydrogen) atoms. The van der Waals surface area contributed by atoms with Crippen molar-refractivity contribution in [1.29, 1.82) is 5.26 Å². The van der Waals surface area contributed by atoms with Crippen LogP contribution in [0.2, 0.25) is 0 Å². The van der Waals surface area contributed by atoms with E-state index in [2.05, 4.69) is 6.07 Å². The van der Waals surface area contributed by atoms with Crippen molar-refractivity contribution in [2.75, 3.05) is 26.2 Å². The molecule has 0 N–H and O–H groups in total. The molecule has 0 aliphatic heterocycles. The van der Waals surface area contributed by atoms with Crippen LogP contribution in [0.3, 0.4) is 0 Å². The van der Waals surface area contributed by atoms with Gasteiger partial charge in [-0.25, -0.2) is 0 Å². The molecule has 0 spiro atoms.